The minimum atomic E-state index is -0.878. The van der Waals surface area contributed by atoms with Crippen molar-refractivity contribution in [1.29, 1.82) is 0 Å². The first-order chi connectivity index (χ1) is 8.95. The summed E-state index contributed by atoms with van der Waals surface area (Å²) in [7, 11) is 0. The molecule has 0 aromatic carbocycles. The van der Waals surface area contributed by atoms with E-state index in [0.717, 1.165) is 0 Å². The second kappa shape index (κ2) is 6.97. The van der Waals surface area contributed by atoms with Crippen molar-refractivity contribution in [2.75, 3.05) is 6.54 Å². The molecule has 106 valence electrons. The summed E-state index contributed by atoms with van der Waals surface area (Å²) in [6.07, 6.45) is 2.64. The van der Waals surface area contributed by atoms with E-state index in [2.05, 4.69) is 5.32 Å². The highest BCUT2D eigenvalue weighted by Gasteiger charge is 2.21. The molecule has 19 heavy (non-hydrogen) atoms. The summed E-state index contributed by atoms with van der Waals surface area (Å²) >= 11 is 0. The standard InChI is InChI=1S/C14H21NO4/c1-4-12-11(5-6-19-12)13(16)15-8-10(14(17)18)7-9(2)3/h5-6,9-10H,4,7-8H2,1-3H3,(H,15,16)(H,17,18). The van der Waals surface area contributed by atoms with Crippen LogP contribution in [0.15, 0.2) is 16.7 Å². The van der Waals surface area contributed by atoms with Crippen LogP contribution in [-0.4, -0.2) is 23.5 Å². The van der Waals surface area contributed by atoms with Crippen molar-refractivity contribution >= 4 is 11.9 Å². The van der Waals surface area contributed by atoms with Gasteiger partial charge in [-0.15, -0.1) is 0 Å². The molecule has 0 fully saturated rings. The van der Waals surface area contributed by atoms with E-state index >= 15 is 0 Å². The average molecular weight is 267 g/mol. The molecule has 0 bridgehead atoms. The Hall–Kier alpha value is -1.78. The third-order valence-electron chi connectivity index (χ3n) is 2.93. The molecule has 1 amide bonds. The van der Waals surface area contributed by atoms with E-state index in [4.69, 9.17) is 9.52 Å². The summed E-state index contributed by atoms with van der Waals surface area (Å²) in [5, 5.41) is 11.8. The second-order valence-electron chi connectivity index (χ2n) is 4.99. The normalized spacial score (nSPS) is 12.4. The minimum Gasteiger partial charge on any atom is -0.481 e. The Kier molecular flexibility index (Phi) is 5.60. The van der Waals surface area contributed by atoms with E-state index in [0.29, 0.717) is 24.2 Å². The smallest absolute Gasteiger partial charge is 0.308 e. The Morgan fingerprint density at radius 1 is 1.42 bits per heavy atom. The molecule has 5 nitrogen and oxygen atoms in total. The maximum atomic E-state index is 11.9. The van der Waals surface area contributed by atoms with Crippen LogP contribution in [0.5, 0.6) is 0 Å². The van der Waals surface area contributed by atoms with Crippen LogP contribution in [0.4, 0.5) is 0 Å². The molecule has 0 saturated carbocycles. The number of carboxylic acids is 1. The zero-order valence-corrected chi connectivity index (χ0v) is 11.6. The number of furan rings is 1. The van der Waals surface area contributed by atoms with Crippen LogP contribution < -0.4 is 5.32 Å². The topological polar surface area (TPSA) is 79.5 Å². The first kappa shape index (κ1) is 15.3. The number of carboxylic acid groups (broad SMARTS) is 1. The quantitative estimate of drug-likeness (QED) is 0.794. The first-order valence-electron chi connectivity index (χ1n) is 6.53. The van der Waals surface area contributed by atoms with Crippen LogP contribution in [0, 0.1) is 11.8 Å². The Balaban J connectivity index is 2.59. The summed E-state index contributed by atoms with van der Waals surface area (Å²) < 4.78 is 5.18. The second-order valence-corrected chi connectivity index (χ2v) is 4.99. The fourth-order valence-corrected chi connectivity index (χ4v) is 1.97. The van der Waals surface area contributed by atoms with E-state index in [1.165, 1.54) is 6.26 Å². The molecule has 0 radical (unpaired) electrons. The predicted molar refractivity (Wildman–Crippen MR) is 71.0 cm³/mol. The third-order valence-corrected chi connectivity index (χ3v) is 2.93. The largest absolute Gasteiger partial charge is 0.481 e. The van der Waals surface area contributed by atoms with Gasteiger partial charge in [-0.05, 0) is 18.4 Å². The van der Waals surface area contributed by atoms with Crippen molar-refractivity contribution in [2.45, 2.75) is 33.6 Å². The number of hydrogen-bond acceptors (Lipinski definition) is 3. The molecule has 0 aliphatic rings. The van der Waals surface area contributed by atoms with Crippen molar-refractivity contribution < 1.29 is 19.1 Å². The van der Waals surface area contributed by atoms with Gasteiger partial charge < -0.3 is 14.8 Å². The lowest BCUT2D eigenvalue weighted by molar-refractivity contribution is -0.142. The Bertz CT molecular complexity index is 436. The van der Waals surface area contributed by atoms with E-state index < -0.39 is 11.9 Å². The number of aryl methyl sites for hydroxylation is 1. The Labute approximate surface area is 113 Å². The maximum Gasteiger partial charge on any atom is 0.308 e. The SMILES string of the molecule is CCc1occc1C(=O)NCC(CC(C)C)C(=O)O. The van der Waals surface area contributed by atoms with E-state index in [1.54, 1.807) is 6.07 Å². The molecular formula is C14H21NO4. The van der Waals surface area contributed by atoms with Gasteiger partial charge in [0.05, 0.1) is 17.7 Å². The highest BCUT2D eigenvalue weighted by Crippen LogP contribution is 2.13. The molecule has 0 aliphatic carbocycles. The van der Waals surface area contributed by atoms with Gasteiger partial charge >= 0.3 is 5.97 Å². The van der Waals surface area contributed by atoms with Crippen molar-refractivity contribution in [3.8, 4) is 0 Å². The van der Waals surface area contributed by atoms with Crippen molar-refractivity contribution in [1.82, 2.24) is 5.32 Å². The molecule has 1 aromatic rings. The lowest BCUT2D eigenvalue weighted by Gasteiger charge is -2.15. The number of carbonyl (C=O) groups is 2. The predicted octanol–water partition coefficient (Wildman–Crippen LogP) is 2.32. The van der Waals surface area contributed by atoms with Gasteiger partial charge in [0.2, 0.25) is 0 Å². The van der Waals surface area contributed by atoms with Gasteiger partial charge in [-0.2, -0.15) is 0 Å². The molecule has 5 heteroatoms. The number of nitrogens with one attached hydrogen (secondary N) is 1. The van der Waals surface area contributed by atoms with Gasteiger partial charge in [-0.25, -0.2) is 0 Å². The number of rotatable bonds is 7. The van der Waals surface area contributed by atoms with Crippen LogP contribution >= 0.6 is 0 Å². The third kappa shape index (κ3) is 4.43. The van der Waals surface area contributed by atoms with Crippen LogP contribution in [0.3, 0.4) is 0 Å². The van der Waals surface area contributed by atoms with Crippen molar-refractivity contribution in [3.63, 3.8) is 0 Å². The fraction of sp³-hybridized carbons (Fsp3) is 0.571. The van der Waals surface area contributed by atoms with E-state index in [1.807, 2.05) is 20.8 Å². The summed E-state index contributed by atoms with van der Waals surface area (Å²) in [6.45, 7) is 5.96. The number of hydrogen-bond donors (Lipinski definition) is 2. The Morgan fingerprint density at radius 2 is 2.11 bits per heavy atom. The van der Waals surface area contributed by atoms with Gasteiger partial charge in [0.15, 0.2) is 0 Å². The van der Waals surface area contributed by atoms with Crippen LogP contribution in [0.2, 0.25) is 0 Å². The maximum absolute atomic E-state index is 11.9. The van der Waals surface area contributed by atoms with Crippen LogP contribution in [0.25, 0.3) is 0 Å². The number of aliphatic carboxylic acids is 1. The molecule has 1 unspecified atom stereocenters. The molecule has 0 spiro atoms. The van der Waals surface area contributed by atoms with Gasteiger partial charge in [-0.1, -0.05) is 20.8 Å². The van der Waals surface area contributed by atoms with Gasteiger partial charge in [0, 0.05) is 13.0 Å². The minimum absolute atomic E-state index is 0.140. The molecule has 2 N–H and O–H groups in total. The Morgan fingerprint density at radius 3 is 2.63 bits per heavy atom. The van der Waals surface area contributed by atoms with Crippen molar-refractivity contribution in [3.05, 3.63) is 23.7 Å². The average Bonchev–Trinajstić information content (AvgIpc) is 2.81. The zero-order chi connectivity index (χ0) is 14.4. The summed E-state index contributed by atoms with van der Waals surface area (Å²) in [5.74, 6) is -0.815. The first-order valence-corrected chi connectivity index (χ1v) is 6.53. The zero-order valence-electron chi connectivity index (χ0n) is 11.6. The van der Waals surface area contributed by atoms with Crippen molar-refractivity contribution in [2.24, 2.45) is 11.8 Å². The van der Waals surface area contributed by atoms with E-state index in [9.17, 15) is 9.59 Å². The highest BCUT2D eigenvalue weighted by molar-refractivity contribution is 5.95. The molecule has 1 heterocycles. The molecule has 1 atom stereocenters. The van der Waals surface area contributed by atoms with Crippen LogP contribution in [-0.2, 0) is 11.2 Å². The number of amides is 1. The van der Waals surface area contributed by atoms with Gasteiger partial charge in [0.25, 0.3) is 5.91 Å². The van der Waals surface area contributed by atoms with Gasteiger partial charge in [-0.3, -0.25) is 9.59 Å². The highest BCUT2D eigenvalue weighted by atomic mass is 16.4. The van der Waals surface area contributed by atoms with E-state index in [-0.39, 0.29) is 18.4 Å². The molecular weight excluding hydrogens is 246 g/mol. The summed E-state index contributed by atoms with van der Waals surface area (Å²) in [5.41, 5.74) is 0.483. The number of carbonyl (C=O) groups excluding carboxylic acids is 1. The van der Waals surface area contributed by atoms with Crippen LogP contribution in [0.1, 0.15) is 43.3 Å². The molecule has 1 rings (SSSR count). The molecule has 0 saturated heterocycles. The monoisotopic (exact) mass is 267 g/mol. The molecule has 1 aromatic heterocycles. The lowest BCUT2D eigenvalue weighted by atomic mass is 9.97. The molecule has 0 aliphatic heterocycles. The summed E-state index contributed by atoms with van der Waals surface area (Å²) in [4.78, 5) is 23.0. The summed E-state index contributed by atoms with van der Waals surface area (Å²) in [6, 6.07) is 1.60. The fourth-order valence-electron chi connectivity index (χ4n) is 1.97. The lowest BCUT2D eigenvalue weighted by Crippen LogP contribution is -2.33. The van der Waals surface area contributed by atoms with Gasteiger partial charge in [0.1, 0.15) is 5.76 Å².